The highest BCUT2D eigenvalue weighted by Crippen LogP contribution is 2.16. The fourth-order valence-corrected chi connectivity index (χ4v) is 3.67. The van der Waals surface area contributed by atoms with Crippen LogP contribution < -0.4 is 0 Å². The van der Waals surface area contributed by atoms with Crippen molar-refractivity contribution in [1.82, 2.24) is 0 Å². The zero-order valence-corrected chi connectivity index (χ0v) is 18.0. The van der Waals surface area contributed by atoms with Gasteiger partial charge in [-0.3, -0.25) is 0 Å². The van der Waals surface area contributed by atoms with Crippen LogP contribution in [0.1, 0.15) is 65.6 Å². The van der Waals surface area contributed by atoms with E-state index >= 15 is 0 Å². The van der Waals surface area contributed by atoms with Crippen molar-refractivity contribution in [2.45, 2.75) is 52.4 Å². The summed E-state index contributed by atoms with van der Waals surface area (Å²) in [4.78, 5) is 0. The van der Waals surface area contributed by atoms with E-state index in [4.69, 9.17) is 5.26 Å². The SMILES string of the molecule is CCCc1cc(CCC)cc(CCc2ccc(C#Cc3ccc(C#N)cc3)cc2)c1. The lowest BCUT2D eigenvalue weighted by molar-refractivity contribution is 0.878. The largest absolute Gasteiger partial charge is 0.192 e. The summed E-state index contributed by atoms with van der Waals surface area (Å²) in [5.74, 6) is 6.38. The van der Waals surface area contributed by atoms with Gasteiger partial charge in [0, 0.05) is 11.1 Å². The second-order valence-corrected chi connectivity index (χ2v) is 7.79. The highest BCUT2D eigenvalue weighted by atomic mass is 14.2. The third-order valence-corrected chi connectivity index (χ3v) is 5.21. The maximum atomic E-state index is 8.87. The van der Waals surface area contributed by atoms with Crippen LogP contribution >= 0.6 is 0 Å². The number of benzene rings is 3. The van der Waals surface area contributed by atoms with E-state index < -0.39 is 0 Å². The van der Waals surface area contributed by atoms with Crippen LogP contribution in [0, 0.1) is 23.2 Å². The molecule has 0 aliphatic heterocycles. The number of hydrogen-bond acceptors (Lipinski definition) is 1. The van der Waals surface area contributed by atoms with Crippen LogP contribution in [0.5, 0.6) is 0 Å². The van der Waals surface area contributed by atoms with Crippen LogP contribution in [0.25, 0.3) is 0 Å². The van der Waals surface area contributed by atoms with Gasteiger partial charge in [0.2, 0.25) is 0 Å². The molecule has 0 saturated heterocycles. The minimum absolute atomic E-state index is 0.659. The van der Waals surface area contributed by atoms with Crippen LogP contribution in [0.2, 0.25) is 0 Å². The standard InChI is InChI=1S/C29H29N/c1-3-5-27-19-28(6-4-2)21-29(20-27)18-15-24-10-7-23(8-11-24)9-12-25-13-16-26(22-30)17-14-25/h7-8,10-11,13-14,16-17,19-21H,3-6,15,18H2,1-2H3. The summed E-state index contributed by atoms with van der Waals surface area (Å²) in [5, 5.41) is 8.87. The van der Waals surface area contributed by atoms with E-state index in [1.54, 1.807) is 12.1 Å². The first kappa shape index (κ1) is 21.4. The molecule has 0 fully saturated rings. The molecule has 3 aromatic carbocycles. The highest BCUT2D eigenvalue weighted by Gasteiger charge is 2.02. The molecule has 1 heteroatoms. The Morgan fingerprint density at radius 2 is 0.933 bits per heavy atom. The van der Waals surface area contributed by atoms with Gasteiger partial charge >= 0.3 is 0 Å². The molecule has 0 spiro atoms. The molecule has 0 N–H and O–H groups in total. The summed E-state index contributed by atoms with van der Waals surface area (Å²) < 4.78 is 0. The van der Waals surface area contributed by atoms with Crippen molar-refractivity contribution in [1.29, 1.82) is 5.26 Å². The van der Waals surface area contributed by atoms with Crippen molar-refractivity contribution in [3.63, 3.8) is 0 Å². The molecule has 30 heavy (non-hydrogen) atoms. The fraction of sp³-hybridized carbons (Fsp3) is 0.276. The monoisotopic (exact) mass is 391 g/mol. The first-order valence-corrected chi connectivity index (χ1v) is 10.9. The normalized spacial score (nSPS) is 10.2. The summed E-state index contributed by atoms with van der Waals surface area (Å²) >= 11 is 0. The van der Waals surface area contributed by atoms with Gasteiger partial charge in [-0.1, -0.05) is 68.9 Å². The molecule has 0 amide bonds. The van der Waals surface area contributed by atoms with Gasteiger partial charge < -0.3 is 0 Å². The van der Waals surface area contributed by atoms with E-state index in [2.05, 4.69) is 74.2 Å². The van der Waals surface area contributed by atoms with E-state index in [1.807, 2.05) is 12.1 Å². The van der Waals surface area contributed by atoms with Gasteiger partial charge in [0.1, 0.15) is 0 Å². The van der Waals surface area contributed by atoms with E-state index in [-0.39, 0.29) is 0 Å². The van der Waals surface area contributed by atoms with Gasteiger partial charge in [0.15, 0.2) is 0 Å². The first-order chi connectivity index (χ1) is 14.7. The summed E-state index contributed by atoms with van der Waals surface area (Å²) in [5.41, 5.74) is 8.35. The molecule has 150 valence electrons. The van der Waals surface area contributed by atoms with Crippen molar-refractivity contribution in [2.24, 2.45) is 0 Å². The minimum Gasteiger partial charge on any atom is -0.192 e. The van der Waals surface area contributed by atoms with E-state index in [9.17, 15) is 0 Å². The summed E-state index contributed by atoms with van der Waals surface area (Å²) in [6.45, 7) is 4.50. The van der Waals surface area contributed by atoms with Gasteiger partial charge in [0.05, 0.1) is 11.6 Å². The van der Waals surface area contributed by atoms with Gasteiger partial charge in [-0.15, -0.1) is 0 Å². The average Bonchev–Trinajstić information content (AvgIpc) is 2.78. The Bertz CT molecular complexity index is 1030. The first-order valence-electron chi connectivity index (χ1n) is 10.9. The third kappa shape index (κ3) is 6.37. The van der Waals surface area contributed by atoms with Gasteiger partial charge in [-0.25, -0.2) is 0 Å². The lowest BCUT2D eigenvalue weighted by Crippen LogP contribution is -1.97. The maximum Gasteiger partial charge on any atom is 0.0991 e. The fourth-order valence-electron chi connectivity index (χ4n) is 3.67. The lowest BCUT2D eigenvalue weighted by Gasteiger charge is -2.09. The van der Waals surface area contributed by atoms with Crippen LogP contribution in [0.3, 0.4) is 0 Å². The van der Waals surface area contributed by atoms with Crippen LogP contribution in [0.4, 0.5) is 0 Å². The Kier molecular flexibility index (Phi) is 7.88. The molecule has 1 nitrogen and oxygen atoms in total. The minimum atomic E-state index is 0.659. The van der Waals surface area contributed by atoms with Gasteiger partial charge in [-0.2, -0.15) is 5.26 Å². The van der Waals surface area contributed by atoms with Gasteiger partial charge in [-0.05, 0) is 84.3 Å². The zero-order chi connectivity index (χ0) is 21.2. The molecule has 3 rings (SSSR count). The van der Waals surface area contributed by atoms with Crippen LogP contribution in [0.15, 0.2) is 66.7 Å². The van der Waals surface area contributed by atoms with Crippen molar-refractivity contribution in [3.8, 4) is 17.9 Å². The molecule has 0 aliphatic carbocycles. The molecule has 3 aromatic rings. The Labute approximate surface area is 181 Å². The number of nitrogens with zero attached hydrogens (tertiary/aromatic N) is 1. The molecule has 0 heterocycles. The summed E-state index contributed by atoms with van der Waals surface area (Å²) in [7, 11) is 0. The highest BCUT2D eigenvalue weighted by molar-refractivity contribution is 5.45. The Morgan fingerprint density at radius 1 is 0.533 bits per heavy atom. The Morgan fingerprint density at radius 3 is 1.40 bits per heavy atom. The number of rotatable bonds is 7. The number of hydrogen-bond donors (Lipinski definition) is 0. The predicted octanol–water partition coefficient (Wildman–Crippen LogP) is 6.65. The predicted molar refractivity (Wildman–Crippen MR) is 125 cm³/mol. The molecule has 0 aromatic heterocycles. The maximum absolute atomic E-state index is 8.87. The van der Waals surface area contributed by atoms with Crippen LogP contribution in [-0.2, 0) is 25.7 Å². The topological polar surface area (TPSA) is 23.8 Å². The number of aryl methyl sites for hydroxylation is 4. The second kappa shape index (κ2) is 11.0. The third-order valence-electron chi connectivity index (χ3n) is 5.21. The van der Waals surface area contributed by atoms with E-state index in [0.717, 1.165) is 36.8 Å². The van der Waals surface area contributed by atoms with E-state index in [1.165, 1.54) is 35.1 Å². The number of nitriles is 1. The molecule has 0 unspecified atom stereocenters. The van der Waals surface area contributed by atoms with Crippen molar-refractivity contribution >= 4 is 0 Å². The van der Waals surface area contributed by atoms with E-state index in [0.29, 0.717) is 5.56 Å². The summed E-state index contributed by atoms with van der Waals surface area (Å²) in [6, 6.07) is 25.2. The van der Waals surface area contributed by atoms with Gasteiger partial charge in [0.25, 0.3) is 0 Å². The zero-order valence-electron chi connectivity index (χ0n) is 18.0. The summed E-state index contributed by atoms with van der Waals surface area (Å²) in [6.07, 6.45) is 6.84. The molecular weight excluding hydrogens is 362 g/mol. The molecule has 0 bridgehead atoms. The van der Waals surface area contributed by atoms with Crippen LogP contribution in [-0.4, -0.2) is 0 Å². The smallest absolute Gasteiger partial charge is 0.0991 e. The second-order valence-electron chi connectivity index (χ2n) is 7.79. The molecular formula is C29H29N. The molecule has 0 saturated carbocycles. The average molecular weight is 392 g/mol. The quantitative estimate of drug-likeness (QED) is 0.414. The molecule has 0 radical (unpaired) electrons. The Hall–Kier alpha value is -3.29. The Balaban J connectivity index is 1.63. The molecule has 0 aliphatic rings. The van der Waals surface area contributed by atoms with Crippen molar-refractivity contribution < 1.29 is 0 Å². The van der Waals surface area contributed by atoms with Crippen molar-refractivity contribution in [3.05, 3.63) is 106 Å². The van der Waals surface area contributed by atoms with Crippen molar-refractivity contribution in [2.75, 3.05) is 0 Å². The lowest BCUT2D eigenvalue weighted by atomic mass is 9.96. The molecule has 0 atom stereocenters.